The topological polar surface area (TPSA) is 24.5 Å². The average Bonchev–Trinajstić information content (AvgIpc) is 2.37. The van der Waals surface area contributed by atoms with Crippen LogP contribution in [0.3, 0.4) is 0 Å². The fourth-order valence-electron chi connectivity index (χ4n) is 2.94. The third-order valence-corrected chi connectivity index (χ3v) is 4.36. The van der Waals surface area contributed by atoms with Crippen molar-refractivity contribution in [2.24, 2.45) is 11.3 Å². The van der Waals surface area contributed by atoms with Crippen LogP contribution in [-0.4, -0.2) is 49.8 Å². The monoisotopic (exact) mass is 284 g/mol. The lowest BCUT2D eigenvalue weighted by Crippen LogP contribution is -2.61. The summed E-state index contributed by atoms with van der Waals surface area (Å²) in [7, 11) is 0. The number of nitrogens with zero attached hydrogens (tertiary/aromatic N) is 1. The van der Waals surface area contributed by atoms with Crippen LogP contribution in [-0.2, 0) is 4.74 Å². The Balaban J connectivity index is 2.47. The highest BCUT2D eigenvalue weighted by Gasteiger charge is 2.34. The molecule has 0 spiro atoms. The molecule has 0 aromatic heterocycles. The van der Waals surface area contributed by atoms with E-state index in [0.29, 0.717) is 23.4 Å². The van der Waals surface area contributed by atoms with Crippen LogP contribution < -0.4 is 5.32 Å². The van der Waals surface area contributed by atoms with Gasteiger partial charge in [-0.05, 0) is 24.2 Å². The molecule has 0 aliphatic carbocycles. The molecule has 1 fully saturated rings. The molecule has 20 heavy (non-hydrogen) atoms. The summed E-state index contributed by atoms with van der Waals surface area (Å²) in [5.74, 6) is 0.708. The zero-order chi connectivity index (χ0) is 15.2. The summed E-state index contributed by atoms with van der Waals surface area (Å²) in [4.78, 5) is 2.69. The Morgan fingerprint density at radius 3 is 2.50 bits per heavy atom. The van der Waals surface area contributed by atoms with Crippen LogP contribution in [0, 0.1) is 11.3 Å². The smallest absolute Gasteiger partial charge is 0.0478 e. The van der Waals surface area contributed by atoms with E-state index in [1.165, 1.54) is 13.1 Å². The minimum absolute atomic E-state index is 0.332. The van der Waals surface area contributed by atoms with Crippen LogP contribution in [0.25, 0.3) is 0 Å². The van der Waals surface area contributed by atoms with Gasteiger partial charge in [-0.25, -0.2) is 0 Å². The Bertz CT molecular complexity index is 260. The van der Waals surface area contributed by atoms with Crippen molar-refractivity contribution >= 4 is 0 Å². The molecule has 3 heteroatoms. The SMILES string of the molecule is CCCOCCCN1CC(C(C)(C)C)NCC1C(C)C. The molecular formula is C17H36N2O. The van der Waals surface area contributed by atoms with Gasteiger partial charge in [-0.2, -0.15) is 0 Å². The Kier molecular flexibility index (Phi) is 7.49. The molecule has 1 saturated heterocycles. The van der Waals surface area contributed by atoms with E-state index in [-0.39, 0.29) is 0 Å². The van der Waals surface area contributed by atoms with Crippen molar-refractivity contribution < 1.29 is 4.74 Å². The molecule has 3 nitrogen and oxygen atoms in total. The first-order valence-corrected chi connectivity index (χ1v) is 8.41. The van der Waals surface area contributed by atoms with Gasteiger partial charge in [0, 0.05) is 44.9 Å². The lowest BCUT2D eigenvalue weighted by molar-refractivity contribution is 0.0508. The maximum atomic E-state index is 5.62. The second-order valence-corrected chi connectivity index (χ2v) is 7.60. The van der Waals surface area contributed by atoms with Crippen molar-refractivity contribution in [2.75, 3.05) is 32.8 Å². The van der Waals surface area contributed by atoms with E-state index >= 15 is 0 Å². The van der Waals surface area contributed by atoms with Gasteiger partial charge in [-0.1, -0.05) is 41.5 Å². The molecule has 1 aliphatic heterocycles. The van der Waals surface area contributed by atoms with Crippen molar-refractivity contribution in [2.45, 2.75) is 66.5 Å². The molecular weight excluding hydrogens is 248 g/mol. The zero-order valence-corrected chi connectivity index (χ0v) is 14.5. The highest BCUT2D eigenvalue weighted by molar-refractivity contribution is 4.92. The minimum Gasteiger partial charge on any atom is -0.381 e. The molecule has 1 rings (SSSR count). The quantitative estimate of drug-likeness (QED) is 0.727. The fourth-order valence-corrected chi connectivity index (χ4v) is 2.94. The van der Waals surface area contributed by atoms with E-state index in [1.54, 1.807) is 0 Å². The third-order valence-electron chi connectivity index (χ3n) is 4.36. The highest BCUT2D eigenvalue weighted by Crippen LogP contribution is 2.25. The standard InChI is InChI=1S/C17H36N2O/c1-7-10-20-11-8-9-19-13-16(17(4,5)6)18-12-15(19)14(2)3/h14-16,18H,7-13H2,1-6H3. The van der Waals surface area contributed by atoms with Gasteiger partial charge < -0.3 is 10.1 Å². The van der Waals surface area contributed by atoms with Crippen LogP contribution >= 0.6 is 0 Å². The maximum Gasteiger partial charge on any atom is 0.0478 e. The number of nitrogens with one attached hydrogen (secondary N) is 1. The molecule has 1 heterocycles. The van der Waals surface area contributed by atoms with Crippen molar-refractivity contribution in [1.82, 2.24) is 10.2 Å². The number of rotatable bonds is 7. The molecule has 120 valence electrons. The third kappa shape index (κ3) is 5.71. The normalized spacial score (nSPS) is 25.4. The molecule has 0 bridgehead atoms. The van der Waals surface area contributed by atoms with Crippen LogP contribution in [0.15, 0.2) is 0 Å². The molecule has 0 saturated carbocycles. The molecule has 0 aromatic carbocycles. The van der Waals surface area contributed by atoms with Crippen molar-refractivity contribution in [3.63, 3.8) is 0 Å². The first-order chi connectivity index (χ1) is 9.36. The summed E-state index contributed by atoms with van der Waals surface area (Å²) in [6.07, 6.45) is 2.27. The number of hydrogen-bond acceptors (Lipinski definition) is 3. The minimum atomic E-state index is 0.332. The first-order valence-electron chi connectivity index (χ1n) is 8.41. The first kappa shape index (κ1) is 17.9. The molecule has 0 aromatic rings. The molecule has 1 aliphatic rings. The van der Waals surface area contributed by atoms with Gasteiger partial charge in [0.2, 0.25) is 0 Å². The summed E-state index contributed by atoms with van der Waals surface area (Å²) in [6, 6.07) is 1.26. The van der Waals surface area contributed by atoms with E-state index < -0.39 is 0 Å². The Morgan fingerprint density at radius 1 is 1.25 bits per heavy atom. The van der Waals surface area contributed by atoms with Gasteiger partial charge in [-0.3, -0.25) is 4.90 Å². The second kappa shape index (κ2) is 8.35. The number of hydrogen-bond donors (Lipinski definition) is 1. The molecule has 0 amide bonds. The summed E-state index contributed by atoms with van der Waals surface area (Å²) < 4.78 is 5.62. The average molecular weight is 284 g/mol. The van der Waals surface area contributed by atoms with Gasteiger partial charge in [0.25, 0.3) is 0 Å². The van der Waals surface area contributed by atoms with Crippen molar-refractivity contribution in [3.05, 3.63) is 0 Å². The predicted octanol–water partition coefficient (Wildman–Crippen LogP) is 3.15. The summed E-state index contributed by atoms with van der Waals surface area (Å²) in [5, 5.41) is 3.76. The van der Waals surface area contributed by atoms with Crippen molar-refractivity contribution in [3.8, 4) is 0 Å². The van der Waals surface area contributed by atoms with Crippen LogP contribution in [0.5, 0.6) is 0 Å². The summed E-state index contributed by atoms with van der Waals surface area (Å²) in [5.41, 5.74) is 0.332. The number of piperazine rings is 1. The van der Waals surface area contributed by atoms with Gasteiger partial charge in [0.05, 0.1) is 0 Å². The van der Waals surface area contributed by atoms with Gasteiger partial charge >= 0.3 is 0 Å². The van der Waals surface area contributed by atoms with Gasteiger partial charge in [0.15, 0.2) is 0 Å². The van der Waals surface area contributed by atoms with E-state index in [9.17, 15) is 0 Å². The fraction of sp³-hybridized carbons (Fsp3) is 1.00. The molecule has 2 atom stereocenters. The Hall–Kier alpha value is -0.120. The lowest BCUT2D eigenvalue weighted by Gasteiger charge is -2.46. The lowest BCUT2D eigenvalue weighted by atomic mass is 9.83. The number of ether oxygens (including phenoxy) is 1. The van der Waals surface area contributed by atoms with E-state index in [2.05, 4.69) is 51.8 Å². The summed E-state index contributed by atoms with van der Waals surface area (Å²) in [6.45, 7) is 19.1. The molecule has 2 unspecified atom stereocenters. The Labute approximate surface area is 126 Å². The van der Waals surface area contributed by atoms with Gasteiger partial charge in [0.1, 0.15) is 0 Å². The predicted molar refractivity (Wildman–Crippen MR) is 87.2 cm³/mol. The highest BCUT2D eigenvalue weighted by atomic mass is 16.5. The van der Waals surface area contributed by atoms with E-state index in [1.807, 2.05) is 0 Å². The largest absolute Gasteiger partial charge is 0.381 e. The zero-order valence-electron chi connectivity index (χ0n) is 14.5. The van der Waals surface area contributed by atoms with E-state index in [0.717, 1.165) is 32.6 Å². The molecule has 0 radical (unpaired) electrons. The van der Waals surface area contributed by atoms with Crippen LogP contribution in [0.1, 0.15) is 54.4 Å². The maximum absolute atomic E-state index is 5.62. The van der Waals surface area contributed by atoms with Crippen LogP contribution in [0.4, 0.5) is 0 Å². The second-order valence-electron chi connectivity index (χ2n) is 7.60. The van der Waals surface area contributed by atoms with Crippen molar-refractivity contribution in [1.29, 1.82) is 0 Å². The Morgan fingerprint density at radius 2 is 1.95 bits per heavy atom. The summed E-state index contributed by atoms with van der Waals surface area (Å²) >= 11 is 0. The van der Waals surface area contributed by atoms with E-state index in [4.69, 9.17) is 4.74 Å². The van der Waals surface area contributed by atoms with Crippen LogP contribution in [0.2, 0.25) is 0 Å². The molecule has 1 N–H and O–H groups in total. The van der Waals surface area contributed by atoms with Gasteiger partial charge in [-0.15, -0.1) is 0 Å².